The van der Waals surface area contributed by atoms with Crippen molar-refractivity contribution >= 4 is 21.6 Å². The van der Waals surface area contributed by atoms with Gasteiger partial charge in [-0.2, -0.15) is 0 Å². The van der Waals surface area contributed by atoms with Gasteiger partial charge >= 0.3 is 0 Å². The molecule has 0 aliphatic heterocycles. The molecule has 0 aromatic carbocycles. The molecule has 2 aromatic rings. The zero-order valence-electron chi connectivity index (χ0n) is 8.40. The van der Waals surface area contributed by atoms with Crippen LogP contribution >= 0.6 is 15.9 Å². The van der Waals surface area contributed by atoms with E-state index in [0.717, 1.165) is 23.0 Å². The summed E-state index contributed by atoms with van der Waals surface area (Å²) in [6.07, 6.45) is 2.47. The van der Waals surface area contributed by atoms with Gasteiger partial charge in [0.05, 0.1) is 0 Å². The van der Waals surface area contributed by atoms with Gasteiger partial charge in [0.1, 0.15) is 5.65 Å². The third-order valence-corrected chi connectivity index (χ3v) is 2.78. The lowest BCUT2D eigenvalue weighted by Crippen LogP contribution is -2.21. The van der Waals surface area contributed by atoms with Crippen LogP contribution in [0.15, 0.2) is 29.2 Å². The molecule has 0 saturated carbocycles. The summed E-state index contributed by atoms with van der Waals surface area (Å²) in [5.41, 5.74) is 2.36. The van der Waals surface area contributed by atoms with Crippen LogP contribution in [0.1, 0.15) is 11.3 Å². The van der Waals surface area contributed by atoms with Crippen LogP contribution < -0.4 is 5.56 Å². The number of hydrogen-bond donors (Lipinski definition) is 0. The number of nitrogens with zero attached hydrogens (tertiary/aromatic N) is 2. The van der Waals surface area contributed by atoms with Gasteiger partial charge in [0, 0.05) is 22.8 Å². The fourth-order valence-corrected chi connectivity index (χ4v) is 2.02. The van der Waals surface area contributed by atoms with Crippen molar-refractivity contribution in [1.29, 1.82) is 0 Å². The normalized spacial score (nSPS) is 10.8. The van der Waals surface area contributed by atoms with E-state index in [2.05, 4.69) is 20.9 Å². The van der Waals surface area contributed by atoms with E-state index in [0.29, 0.717) is 5.65 Å². The summed E-state index contributed by atoms with van der Waals surface area (Å²) < 4.78 is 1.59. The SMILES string of the molecule is Cc1nc2ccccn2c(=O)c1CCBr. The molecule has 0 amide bonds. The molecule has 2 heterocycles. The van der Waals surface area contributed by atoms with Crippen molar-refractivity contribution in [3.8, 4) is 0 Å². The highest BCUT2D eigenvalue weighted by molar-refractivity contribution is 9.09. The van der Waals surface area contributed by atoms with Gasteiger partial charge in [0.15, 0.2) is 0 Å². The average Bonchev–Trinajstić information content (AvgIpc) is 2.24. The summed E-state index contributed by atoms with van der Waals surface area (Å²) in [5, 5.41) is 0.781. The Morgan fingerprint density at radius 1 is 1.47 bits per heavy atom. The molecule has 0 unspecified atom stereocenters. The summed E-state index contributed by atoms with van der Waals surface area (Å²) in [5.74, 6) is 0. The molecule has 2 rings (SSSR count). The first-order chi connectivity index (χ1) is 7.24. The number of rotatable bonds is 2. The molecule has 0 atom stereocenters. The van der Waals surface area contributed by atoms with E-state index in [9.17, 15) is 4.79 Å². The smallest absolute Gasteiger partial charge is 0.261 e. The van der Waals surface area contributed by atoms with Crippen molar-refractivity contribution in [2.24, 2.45) is 0 Å². The number of pyridine rings is 1. The number of alkyl halides is 1. The Hall–Kier alpha value is -1.16. The summed E-state index contributed by atoms with van der Waals surface area (Å²) in [4.78, 5) is 16.4. The van der Waals surface area contributed by atoms with Crippen molar-refractivity contribution in [3.63, 3.8) is 0 Å². The highest BCUT2D eigenvalue weighted by Crippen LogP contribution is 2.05. The highest BCUT2D eigenvalue weighted by Gasteiger charge is 2.07. The van der Waals surface area contributed by atoms with E-state index in [1.54, 1.807) is 10.6 Å². The minimum atomic E-state index is 0.0394. The lowest BCUT2D eigenvalue weighted by molar-refractivity contribution is 0.943. The van der Waals surface area contributed by atoms with Crippen molar-refractivity contribution < 1.29 is 0 Å². The van der Waals surface area contributed by atoms with E-state index in [4.69, 9.17) is 0 Å². The van der Waals surface area contributed by atoms with Gasteiger partial charge in [-0.05, 0) is 25.5 Å². The molecule has 0 radical (unpaired) electrons. The van der Waals surface area contributed by atoms with Crippen LogP contribution in [-0.4, -0.2) is 14.7 Å². The third kappa shape index (κ3) is 1.81. The maximum Gasteiger partial charge on any atom is 0.261 e. The fourth-order valence-electron chi connectivity index (χ4n) is 1.62. The Balaban J connectivity index is 2.78. The molecule has 0 saturated heterocycles. The Kier molecular flexibility index (Phi) is 2.86. The summed E-state index contributed by atoms with van der Waals surface area (Å²) in [6.45, 7) is 1.88. The van der Waals surface area contributed by atoms with E-state index < -0.39 is 0 Å². The second-order valence-corrected chi connectivity index (χ2v) is 4.14. The monoisotopic (exact) mass is 266 g/mol. The molecule has 78 valence electrons. The summed E-state index contributed by atoms with van der Waals surface area (Å²) in [6, 6.07) is 5.56. The molecule has 0 fully saturated rings. The van der Waals surface area contributed by atoms with Crippen molar-refractivity contribution in [2.75, 3.05) is 5.33 Å². The number of aromatic nitrogens is 2. The van der Waals surface area contributed by atoms with Gasteiger partial charge in [0.25, 0.3) is 5.56 Å². The lowest BCUT2D eigenvalue weighted by Gasteiger charge is -2.05. The molecule has 4 heteroatoms. The third-order valence-electron chi connectivity index (χ3n) is 2.38. The van der Waals surface area contributed by atoms with Crippen LogP contribution in [0, 0.1) is 6.92 Å². The average molecular weight is 267 g/mol. The van der Waals surface area contributed by atoms with Gasteiger partial charge in [0.2, 0.25) is 0 Å². The first-order valence-electron chi connectivity index (χ1n) is 4.77. The second kappa shape index (κ2) is 4.14. The van der Waals surface area contributed by atoms with Gasteiger partial charge in [-0.1, -0.05) is 22.0 Å². The minimum Gasteiger partial charge on any atom is -0.269 e. The van der Waals surface area contributed by atoms with Crippen LogP contribution in [0.2, 0.25) is 0 Å². The van der Waals surface area contributed by atoms with Crippen LogP contribution in [0.4, 0.5) is 0 Å². The molecule has 0 aliphatic rings. The molecule has 3 nitrogen and oxygen atoms in total. The topological polar surface area (TPSA) is 34.4 Å². The highest BCUT2D eigenvalue weighted by atomic mass is 79.9. The Labute approximate surface area is 95.9 Å². The van der Waals surface area contributed by atoms with E-state index in [1.807, 2.05) is 25.1 Å². The van der Waals surface area contributed by atoms with E-state index in [1.165, 1.54) is 0 Å². The Morgan fingerprint density at radius 3 is 3.00 bits per heavy atom. The molecular weight excluding hydrogens is 256 g/mol. The molecular formula is C11H11BrN2O. The van der Waals surface area contributed by atoms with Crippen LogP contribution in [0.3, 0.4) is 0 Å². The number of hydrogen-bond acceptors (Lipinski definition) is 2. The molecule has 0 N–H and O–H groups in total. The van der Waals surface area contributed by atoms with E-state index in [-0.39, 0.29) is 5.56 Å². The first-order valence-corrected chi connectivity index (χ1v) is 5.89. The number of aryl methyl sites for hydroxylation is 1. The first kappa shape index (κ1) is 10.4. The predicted octanol–water partition coefficient (Wildman–Crippen LogP) is 1.94. The van der Waals surface area contributed by atoms with Gasteiger partial charge in [-0.15, -0.1) is 0 Å². The molecule has 15 heavy (non-hydrogen) atoms. The maximum atomic E-state index is 12.0. The second-order valence-electron chi connectivity index (χ2n) is 3.35. The largest absolute Gasteiger partial charge is 0.269 e. The minimum absolute atomic E-state index is 0.0394. The van der Waals surface area contributed by atoms with Gasteiger partial charge in [-0.25, -0.2) is 4.98 Å². The molecule has 2 aromatic heterocycles. The Bertz CT molecular complexity index is 548. The maximum absolute atomic E-state index is 12.0. The Morgan fingerprint density at radius 2 is 2.27 bits per heavy atom. The standard InChI is InChI=1S/C11H11BrN2O/c1-8-9(5-6-12)11(15)14-7-3-2-4-10(14)13-8/h2-4,7H,5-6H2,1H3. The van der Waals surface area contributed by atoms with E-state index >= 15 is 0 Å². The summed E-state index contributed by atoms with van der Waals surface area (Å²) in [7, 11) is 0. The van der Waals surface area contributed by atoms with Gasteiger partial charge in [-0.3, -0.25) is 9.20 Å². The summed E-state index contributed by atoms with van der Waals surface area (Å²) >= 11 is 3.34. The molecule has 0 bridgehead atoms. The van der Waals surface area contributed by atoms with Crippen molar-refractivity contribution in [1.82, 2.24) is 9.38 Å². The lowest BCUT2D eigenvalue weighted by atomic mass is 10.2. The van der Waals surface area contributed by atoms with Crippen LogP contribution in [0.25, 0.3) is 5.65 Å². The zero-order chi connectivity index (χ0) is 10.8. The number of halogens is 1. The zero-order valence-corrected chi connectivity index (χ0v) is 9.99. The molecule has 0 spiro atoms. The van der Waals surface area contributed by atoms with Gasteiger partial charge < -0.3 is 0 Å². The van der Waals surface area contributed by atoms with Crippen molar-refractivity contribution in [2.45, 2.75) is 13.3 Å². The van der Waals surface area contributed by atoms with Crippen LogP contribution in [0.5, 0.6) is 0 Å². The quantitative estimate of drug-likeness (QED) is 0.779. The predicted molar refractivity (Wildman–Crippen MR) is 63.7 cm³/mol. The fraction of sp³-hybridized carbons (Fsp3) is 0.273. The molecule has 0 aliphatic carbocycles. The van der Waals surface area contributed by atoms with Crippen LogP contribution in [-0.2, 0) is 6.42 Å². The number of fused-ring (bicyclic) bond motifs is 1. The van der Waals surface area contributed by atoms with Crippen molar-refractivity contribution in [3.05, 3.63) is 46.0 Å².